The van der Waals surface area contributed by atoms with E-state index in [0.29, 0.717) is 5.57 Å². The summed E-state index contributed by atoms with van der Waals surface area (Å²) < 4.78 is 49.4. The predicted molar refractivity (Wildman–Crippen MR) is 70.8 cm³/mol. The maximum absolute atomic E-state index is 12.9. The zero-order chi connectivity index (χ0) is 15.7. The smallest absolute Gasteiger partial charge is 0.416 e. The molecule has 0 saturated carbocycles. The normalized spacial score (nSPS) is 18.6. The van der Waals surface area contributed by atoms with Crippen LogP contribution in [-0.4, -0.2) is 24.1 Å². The van der Waals surface area contributed by atoms with Gasteiger partial charge in [-0.15, -0.1) is 0 Å². The van der Waals surface area contributed by atoms with Crippen molar-refractivity contribution in [3.05, 3.63) is 46.7 Å². The largest absolute Gasteiger partial charge is 0.512 e. The second-order valence-corrected chi connectivity index (χ2v) is 5.36. The van der Waals surface area contributed by atoms with Gasteiger partial charge in [0.1, 0.15) is 5.76 Å². The summed E-state index contributed by atoms with van der Waals surface area (Å²) >= 11 is 0. The van der Waals surface area contributed by atoms with E-state index in [1.807, 2.05) is 0 Å². The molecule has 0 spiro atoms. The molecular formula is C15H17F3O3. The number of benzene rings is 1. The highest BCUT2D eigenvalue weighted by Gasteiger charge is 2.33. The van der Waals surface area contributed by atoms with Gasteiger partial charge < -0.3 is 14.6 Å². The van der Waals surface area contributed by atoms with Gasteiger partial charge in [-0.3, -0.25) is 0 Å². The molecule has 1 saturated heterocycles. The minimum absolute atomic E-state index is 0.0276. The lowest BCUT2D eigenvalue weighted by atomic mass is 10.0. The van der Waals surface area contributed by atoms with Crippen LogP contribution in [0.2, 0.25) is 0 Å². The van der Waals surface area contributed by atoms with Gasteiger partial charge in [0.2, 0.25) is 0 Å². The van der Waals surface area contributed by atoms with Gasteiger partial charge in [-0.05, 0) is 25.5 Å². The van der Waals surface area contributed by atoms with Crippen molar-refractivity contribution in [2.24, 2.45) is 0 Å². The van der Waals surface area contributed by atoms with Gasteiger partial charge in [-0.25, -0.2) is 0 Å². The van der Waals surface area contributed by atoms with Gasteiger partial charge in [0.15, 0.2) is 5.79 Å². The number of aliphatic hydroxyl groups is 1. The third-order valence-corrected chi connectivity index (χ3v) is 3.28. The molecule has 1 heterocycles. The van der Waals surface area contributed by atoms with Crippen molar-refractivity contribution in [1.29, 1.82) is 0 Å². The molecule has 2 rings (SSSR count). The highest BCUT2D eigenvalue weighted by molar-refractivity contribution is 5.33. The first kappa shape index (κ1) is 15.9. The lowest BCUT2D eigenvalue weighted by molar-refractivity contribution is -0.226. The third-order valence-electron chi connectivity index (χ3n) is 3.28. The fourth-order valence-electron chi connectivity index (χ4n) is 2.03. The molecule has 116 valence electrons. The molecular weight excluding hydrogens is 285 g/mol. The fourth-order valence-corrected chi connectivity index (χ4v) is 2.03. The Morgan fingerprint density at radius 2 is 1.76 bits per heavy atom. The van der Waals surface area contributed by atoms with Crippen molar-refractivity contribution < 1.29 is 27.8 Å². The predicted octanol–water partition coefficient (Wildman–Crippen LogP) is 3.84. The summed E-state index contributed by atoms with van der Waals surface area (Å²) in [6.45, 7) is 3.76. The van der Waals surface area contributed by atoms with E-state index >= 15 is 0 Å². The molecule has 3 nitrogen and oxygen atoms in total. The molecule has 0 bridgehead atoms. The SMILES string of the molecule is CC1(C)OCC(=C(O)Cc2ccccc2C(F)(F)F)CO1. The Morgan fingerprint density at radius 1 is 1.19 bits per heavy atom. The minimum Gasteiger partial charge on any atom is -0.512 e. The Morgan fingerprint density at radius 3 is 2.33 bits per heavy atom. The summed E-state index contributed by atoms with van der Waals surface area (Å²) in [5.74, 6) is -0.879. The van der Waals surface area contributed by atoms with Crippen LogP contribution in [0.5, 0.6) is 0 Å². The molecule has 1 fully saturated rings. The number of halogens is 3. The van der Waals surface area contributed by atoms with Crippen LogP contribution in [0, 0.1) is 0 Å². The number of ether oxygens (including phenoxy) is 2. The second kappa shape index (κ2) is 5.69. The van der Waals surface area contributed by atoms with E-state index in [2.05, 4.69) is 0 Å². The average molecular weight is 302 g/mol. The molecule has 6 heteroatoms. The molecule has 0 amide bonds. The average Bonchev–Trinajstić information content (AvgIpc) is 2.37. The first-order valence-corrected chi connectivity index (χ1v) is 6.52. The van der Waals surface area contributed by atoms with Crippen LogP contribution in [-0.2, 0) is 22.1 Å². The summed E-state index contributed by atoms with van der Waals surface area (Å²) in [6.07, 6.45) is -4.64. The highest BCUT2D eigenvalue weighted by Crippen LogP contribution is 2.33. The molecule has 21 heavy (non-hydrogen) atoms. The molecule has 0 aromatic heterocycles. The summed E-state index contributed by atoms with van der Waals surface area (Å²) in [5.41, 5.74) is -0.249. The van der Waals surface area contributed by atoms with E-state index in [1.165, 1.54) is 18.2 Å². The molecule has 1 aliphatic heterocycles. The molecule has 1 aromatic rings. The summed E-state index contributed by atoms with van der Waals surface area (Å²) in [6, 6.07) is 5.20. The molecule has 1 aromatic carbocycles. The Balaban J connectivity index is 2.19. The van der Waals surface area contributed by atoms with E-state index in [9.17, 15) is 18.3 Å². The van der Waals surface area contributed by atoms with Crippen molar-refractivity contribution in [2.75, 3.05) is 13.2 Å². The second-order valence-electron chi connectivity index (χ2n) is 5.36. The zero-order valence-corrected chi connectivity index (χ0v) is 11.8. The van der Waals surface area contributed by atoms with Crippen LogP contribution < -0.4 is 0 Å². The van der Waals surface area contributed by atoms with Crippen LogP contribution in [0.4, 0.5) is 13.2 Å². The van der Waals surface area contributed by atoms with Gasteiger partial charge in [0.05, 0.1) is 18.8 Å². The first-order chi connectivity index (χ1) is 9.69. The highest BCUT2D eigenvalue weighted by atomic mass is 19.4. The molecule has 0 aliphatic carbocycles. The van der Waals surface area contributed by atoms with E-state index in [-0.39, 0.29) is 31.0 Å². The van der Waals surface area contributed by atoms with Crippen LogP contribution in [0.15, 0.2) is 35.6 Å². The summed E-state index contributed by atoms with van der Waals surface area (Å²) in [5, 5.41) is 10.0. The molecule has 0 unspecified atom stereocenters. The van der Waals surface area contributed by atoms with Crippen LogP contribution in [0.3, 0.4) is 0 Å². The van der Waals surface area contributed by atoms with Gasteiger partial charge in [0, 0.05) is 12.0 Å². The number of alkyl halides is 3. The Labute approximate surface area is 121 Å². The van der Waals surface area contributed by atoms with Crippen LogP contribution >= 0.6 is 0 Å². The van der Waals surface area contributed by atoms with Crippen molar-refractivity contribution in [3.8, 4) is 0 Å². The standard InChI is InChI=1S/C15H17F3O3/c1-14(2)20-8-11(9-21-14)13(19)7-10-5-3-4-6-12(10)15(16,17)18/h3-6,19H,7-9H2,1-2H3. The van der Waals surface area contributed by atoms with Crippen LogP contribution in [0.1, 0.15) is 25.0 Å². The number of rotatable bonds is 2. The fraction of sp³-hybridized carbons (Fsp3) is 0.467. The number of hydrogen-bond acceptors (Lipinski definition) is 3. The monoisotopic (exact) mass is 302 g/mol. The van der Waals surface area contributed by atoms with Crippen molar-refractivity contribution in [1.82, 2.24) is 0 Å². The molecule has 0 radical (unpaired) electrons. The van der Waals surface area contributed by atoms with E-state index in [4.69, 9.17) is 9.47 Å². The molecule has 1 N–H and O–H groups in total. The van der Waals surface area contributed by atoms with Crippen molar-refractivity contribution >= 4 is 0 Å². The van der Waals surface area contributed by atoms with E-state index in [1.54, 1.807) is 13.8 Å². The maximum atomic E-state index is 12.9. The van der Waals surface area contributed by atoms with E-state index in [0.717, 1.165) is 6.07 Å². The van der Waals surface area contributed by atoms with Gasteiger partial charge >= 0.3 is 6.18 Å². The Kier molecular flexibility index (Phi) is 4.30. The lowest BCUT2D eigenvalue weighted by Gasteiger charge is -2.32. The van der Waals surface area contributed by atoms with Gasteiger partial charge in [0.25, 0.3) is 0 Å². The zero-order valence-electron chi connectivity index (χ0n) is 11.8. The number of hydrogen-bond donors (Lipinski definition) is 1. The first-order valence-electron chi connectivity index (χ1n) is 6.52. The maximum Gasteiger partial charge on any atom is 0.416 e. The van der Waals surface area contributed by atoms with Crippen molar-refractivity contribution in [2.45, 2.75) is 32.2 Å². The lowest BCUT2D eigenvalue weighted by Crippen LogP contribution is -2.36. The van der Waals surface area contributed by atoms with Gasteiger partial charge in [-0.2, -0.15) is 13.2 Å². The van der Waals surface area contributed by atoms with Gasteiger partial charge in [-0.1, -0.05) is 18.2 Å². The quantitative estimate of drug-likeness (QED) is 0.844. The third kappa shape index (κ3) is 3.98. The number of aliphatic hydroxyl groups excluding tert-OH is 1. The Hall–Kier alpha value is -1.53. The molecule has 0 atom stereocenters. The summed E-state index contributed by atoms with van der Waals surface area (Å²) in [7, 11) is 0. The number of allylic oxidation sites excluding steroid dienone is 1. The van der Waals surface area contributed by atoms with Crippen LogP contribution in [0.25, 0.3) is 0 Å². The topological polar surface area (TPSA) is 38.7 Å². The van der Waals surface area contributed by atoms with Crippen molar-refractivity contribution in [3.63, 3.8) is 0 Å². The summed E-state index contributed by atoms with van der Waals surface area (Å²) in [4.78, 5) is 0. The molecule has 1 aliphatic rings. The minimum atomic E-state index is -4.44. The van der Waals surface area contributed by atoms with E-state index < -0.39 is 17.5 Å². The Bertz CT molecular complexity index is 535.